The maximum atomic E-state index is 13.6. The second-order valence-electron chi connectivity index (χ2n) is 7.22. The maximum Gasteiger partial charge on any atom is 0.259 e. The van der Waals surface area contributed by atoms with Crippen LogP contribution in [0.5, 0.6) is 5.75 Å². The summed E-state index contributed by atoms with van der Waals surface area (Å²) >= 11 is 6.33. The summed E-state index contributed by atoms with van der Waals surface area (Å²) in [6.07, 6.45) is 0. The van der Waals surface area contributed by atoms with E-state index in [-0.39, 0.29) is 22.9 Å². The van der Waals surface area contributed by atoms with Crippen LogP contribution in [0.25, 0.3) is 11.3 Å². The number of ether oxygens (including phenoxy) is 1. The molecule has 2 aromatic carbocycles. The molecule has 1 aromatic heterocycles. The van der Waals surface area contributed by atoms with Crippen molar-refractivity contribution in [1.82, 2.24) is 10.1 Å². The molecule has 0 unspecified atom stereocenters. The Hall–Kier alpha value is -3.30. The van der Waals surface area contributed by atoms with Crippen molar-refractivity contribution in [3.8, 4) is 17.0 Å². The minimum Gasteiger partial charge on any atom is -0.496 e. The molecular weight excluding hydrogens is 439 g/mol. The lowest BCUT2D eigenvalue weighted by Gasteiger charge is -2.36. The highest BCUT2D eigenvalue weighted by Gasteiger charge is 2.31. The molecule has 0 radical (unpaired) electrons. The molecule has 168 valence electrons. The second-order valence-corrected chi connectivity index (χ2v) is 7.63. The van der Waals surface area contributed by atoms with Crippen molar-refractivity contribution in [1.29, 1.82) is 0 Å². The summed E-state index contributed by atoms with van der Waals surface area (Å²) in [4.78, 5) is 17.1. The molecule has 1 saturated heterocycles. The van der Waals surface area contributed by atoms with Gasteiger partial charge in [0.1, 0.15) is 17.0 Å². The lowest BCUT2D eigenvalue weighted by atomic mass is 10.0. The van der Waals surface area contributed by atoms with Gasteiger partial charge >= 0.3 is 0 Å². The summed E-state index contributed by atoms with van der Waals surface area (Å²) < 4.78 is 24.2. The number of carbonyl (C=O) groups is 1. The smallest absolute Gasteiger partial charge is 0.259 e. The first-order valence-electron chi connectivity index (χ1n) is 9.99. The molecule has 10 heteroatoms. The van der Waals surface area contributed by atoms with Crippen LogP contribution in [0.15, 0.2) is 47.0 Å². The lowest BCUT2D eigenvalue weighted by molar-refractivity contribution is 0.0744. The standard InChI is InChI=1S/C22H22ClFN4O4/c1-31-18-5-3-2-4-15(18)21-20(19(13-24)32-26-21)22(29)28-10-8-27(9-11-28)17-7-6-14(25-30)12-16(17)23/h2-7,12,25,30H,8-11,13H2,1H3. The molecule has 2 heterocycles. The molecule has 3 aromatic rings. The van der Waals surface area contributed by atoms with Crippen LogP contribution in [0.2, 0.25) is 5.02 Å². The van der Waals surface area contributed by atoms with Gasteiger partial charge in [0.05, 0.1) is 23.5 Å². The van der Waals surface area contributed by atoms with Gasteiger partial charge in [0.15, 0.2) is 12.4 Å². The van der Waals surface area contributed by atoms with E-state index in [0.29, 0.717) is 48.2 Å². The first-order valence-corrected chi connectivity index (χ1v) is 10.4. The minimum atomic E-state index is -0.940. The highest BCUT2D eigenvalue weighted by molar-refractivity contribution is 6.33. The zero-order valence-corrected chi connectivity index (χ0v) is 18.1. The van der Waals surface area contributed by atoms with Gasteiger partial charge in [-0.3, -0.25) is 15.5 Å². The predicted molar refractivity (Wildman–Crippen MR) is 118 cm³/mol. The molecule has 1 fully saturated rings. The Bertz CT molecular complexity index is 1120. The third-order valence-electron chi connectivity index (χ3n) is 5.44. The molecule has 0 spiro atoms. The molecule has 1 aliphatic heterocycles. The van der Waals surface area contributed by atoms with Crippen LogP contribution in [-0.2, 0) is 6.67 Å². The number of anilines is 2. The van der Waals surface area contributed by atoms with E-state index >= 15 is 0 Å². The molecule has 2 N–H and O–H groups in total. The van der Waals surface area contributed by atoms with E-state index < -0.39 is 6.67 Å². The number of rotatable bonds is 6. The highest BCUT2D eigenvalue weighted by Crippen LogP contribution is 2.34. The fraction of sp³-hybridized carbons (Fsp3) is 0.273. The Morgan fingerprint density at radius 2 is 2.00 bits per heavy atom. The van der Waals surface area contributed by atoms with Gasteiger partial charge in [-0.05, 0) is 30.3 Å². The SMILES string of the molecule is COc1ccccc1-c1noc(CF)c1C(=O)N1CCN(c2ccc(NO)cc2Cl)CC1. The number of hydrogen-bond acceptors (Lipinski definition) is 7. The summed E-state index contributed by atoms with van der Waals surface area (Å²) in [6, 6.07) is 12.2. The van der Waals surface area contributed by atoms with Gasteiger partial charge in [0, 0.05) is 31.7 Å². The normalized spacial score (nSPS) is 13.9. The first kappa shape index (κ1) is 21.9. The van der Waals surface area contributed by atoms with Gasteiger partial charge in [-0.15, -0.1) is 0 Å². The second kappa shape index (κ2) is 9.46. The third-order valence-corrected chi connectivity index (χ3v) is 5.75. The largest absolute Gasteiger partial charge is 0.496 e. The van der Waals surface area contributed by atoms with E-state index in [4.69, 9.17) is 26.1 Å². The topological polar surface area (TPSA) is 91.1 Å². The number of nitrogens with zero attached hydrogens (tertiary/aromatic N) is 3. The van der Waals surface area contributed by atoms with E-state index in [9.17, 15) is 9.18 Å². The Morgan fingerprint density at radius 1 is 1.25 bits per heavy atom. The summed E-state index contributed by atoms with van der Waals surface area (Å²) in [7, 11) is 1.52. The van der Waals surface area contributed by atoms with Gasteiger partial charge in [-0.1, -0.05) is 28.9 Å². The van der Waals surface area contributed by atoms with Crippen molar-refractivity contribution in [2.45, 2.75) is 6.67 Å². The predicted octanol–water partition coefficient (Wildman–Crippen LogP) is 4.24. The van der Waals surface area contributed by atoms with Crippen LogP contribution in [0.4, 0.5) is 15.8 Å². The minimum absolute atomic E-state index is 0.103. The number of hydrogen-bond donors (Lipinski definition) is 2. The Kier molecular flexibility index (Phi) is 6.48. The Morgan fingerprint density at radius 3 is 2.66 bits per heavy atom. The number of alkyl halides is 1. The van der Waals surface area contributed by atoms with Gasteiger partial charge < -0.3 is 19.1 Å². The van der Waals surface area contributed by atoms with Crippen molar-refractivity contribution in [3.63, 3.8) is 0 Å². The van der Waals surface area contributed by atoms with Gasteiger partial charge in [-0.2, -0.15) is 0 Å². The Balaban J connectivity index is 1.56. The Labute approximate surface area is 189 Å². The van der Waals surface area contributed by atoms with Crippen LogP contribution >= 0.6 is 11.6 Å². The number of aromatic nitrogens is 1. The quantitative estimate of drug-likeness (QED) is 0.532. The van der Waals surface area contributed by atoms with Crippen molar-refractivity contribution in [3.05, 3.63) is 58.8 Å². The van der Waals surface area contributed by atoms with Crippen molar-refractivity contribution in [2.24, 2.45) is 0 Å². The summed E-state index contributed by atoms with van der Waals surface area (Å²) in [5.41, 5.74) is 4.29. The van der Waals surface area contributed by atoms with Crippen LogP contribution in [0, 0.1) is 0 Å². The zero-order valence-electron chi connectivity index (χ0n) is 17.3. The number of piperazine rings is 1. The van der Waals surface area contributed by atoms with Crippen LogP contribution < -0.4 is 15.1 Å². The van der Waals surface area contributed by atoms with Crippen molar-refractivity contribution in [2.75, 3.05) is 43.7 Å². The van der Waals surface area contributed by atoms with E-state index in [0.717, 1.165) is 5.69 Å². The fourth-order valence-corrected chi connectivity index (χ4v) is 4.10. The van der Waals surface area contributed by atoms with E-state index in [1.165, 1.54) is 7.11 Å². The van der Waals surface area contributed by atoms with Gasteiger partial charge in [0.2, 0.25) is 0 Å². The van der Waals surface area contributed by atoms with Crippen molar-refractivity contribution < 1.29 is 23.7 Å². The summed E-state index contributed by atoms with van der Waals surface area (Å²) in [5, 5.41) is 13.5. The lowest BCUT2D eigenvalue weighted by Crippen LogP contribution is -2.49. The monoisotopic (exact) mass is 460 g/mol. The summed E-state index contributed by atoms with van der Waals surface area (Å²) in [5.74, 6) is 0.0689. The van der Waals surface area contributed by atoms with E-state index in [2.05, 4.69) is 15.5 Å². The molecule has 1 aliphatic rings. The zero-order chi connectivity index (χ0) is 22.7. The number of amides is 1. The molecule has 0 saturated carbocycles. The average molecular weight is 461 g/mol. The molecule has 0 aliphatic carbocycles. The number of carbonyl (C=O) groups excluding carboxylic acids is 1. The fourth-order valence-electron chi connectivity index (χ4n) is 3.80. The van der Waals surface area contributed by atoms with E-state index in [1.54, 1.807) is 47.4 Å². The number of para-hydroxylation sites is 1. The molecule has 32 heavy (non-hydrogen) atoms. The molecular formula is C22H22ClFN4O4. The summed E-state index contributed by atoms with van der Waals surface area (Å²) in [6.45, 7) is 0.966. The highest BCUT2D eigenvalue weighted by atomic mass is 35.5. The van der Waals surface area contributed by atoms with Crippen LogP contribution in [0.1, 0.15) is 16.1 Å². The van der Waals surface area contributed by atoms with Crippen LogP contribution in [-0.4, -0.2) is 54.5 Å². The van der Waals surface area contributed by atoms with Gasteiger partial charge in [0.25, 0.3) is 5.91 Å². The maximum absolute atomic E-state index is 13.6. The third kappa shape index (κ3) is 4.09. The molecule has 8 nitrogen and oxygen atoms in total. The van der Waals surface area contributed by atoms with Crippen LogP contribution in [0.3, 0.4) is 0 Å². The number of benzene rings is 2. The average Bonchev–Trinajstić information content (AvgIpc) is 3.27. The number of halogens is 2. The molecule has 0 atom stereocenters. The first-order chi connectivity index (χ1) is 15.6. The molecule has 4 rings (SSSR count). The number of nitrogens with one attached hydrogen (secondary N) is 1. The van der Waals surface area contributed by atoms with E-state index in [1.807, 2.05) is 0 Å². The van der Waals surface area contributed by atoms with Gasteiger partial charge in [-0.25, -0.2) is 4.39 Å². The van der Waals surface area contributed by atoms with Crippen molar-refractivity contribution >= 4 is 28.9 Å². The molecule has 1 amide bonds. The molecule has 0 bridgehead atoms. The number of methoxy groups -OCH3 is 1.